The molecule has 0 radical (unpaired) electrons. The normalized spacial score (nSPS) is 11.0. The minimum absolute atomic E-state index is 0.508. The van der Waals surface area contributed by atoms with Gasteiger partial charge in [0.1, 0.15) is 0 Å². The minimum Gasteiger partial charge on any atom is -0.279 e. The molecule has 116 valence electrons. The van der Waals surface area contributed by atoms with Gasteiger partial charge >= 0.3 is 0 Å². The van der Waals surface area contributed by atoms with Crippen molar-refractivity contribution in [3.63, 3.8) is 0 Å². The van der Waals surface area contributed by atoms with Crippen molar-refractivity contribution in [3.05, 3.63) is 64.9 Å². The van der Waals surface area contributed by atoms with Crippen LogP contribution < -0.4 is 5.43 Å². The Morgan fingerprint density at radius 1 is 1.13 bits per heavy atom. The van der Waals surface area contributed by atoms with Crippen LogP contribution in [0.15, 0.2) is 53.6 Å². The summed E-state index contributed by atoms with van der Waals surface area (Å²) < 4.78 is 1.66. The van der Waals surface area contributed by atoms with E-state index >= 15 is 0 Å². The average molecular weight is 327 g/mol. The summed E-state index contributed by atoms with van der Waals surface area (Å²) in [5.74, 6) is 0.696. The number of hydrogen-bond donors (Lipinski definition) is 1. The highest BCUT2D eigenvalue weighted by Gasteiger charge is 2.06. The van der Waals surface area contributed by atoms with E-state index in [1.807, 2.05) is 43.3 Å². The molecule has 0 amide bonds. The topological polar surface area (TPSA) is 68.0 Å². The van der Waals surface area contributed by atoms with Gasteiger partial charge in [-0.2, -0.15) is 9.78 Å². The fraction of sp³-hybridized carbons (Fsp3) is 0.125. The maximum atomic E-state index is 5.89. The van der Waals surface area contributed by atoms with Crippen molar-refractivity contribution in [2.75, 3.05) is 5.43 Å². The molecule has 1 N–H and O–H groups in total. The molecule has 0 atom stereocenters. The second-order valence-corrected chi connectivity index (χ2v) is 5.41. The summed E-state index contributed by atoms with van der Waals surface area (Å²) in [4.78, 5) is 0. The second-order valence-electron chi connectivity index (χ2n) is 4.98. The zero-order chi connectivity index (χ0) is 16.1. The fourth-order valence-electron chi connectivity index (χ4n) is 1.99. The number of nitrogens with zero attached hydrogens (tertiary/aromatic N) is 5. The van der Waals surface area contributed by atoms with Gasteiger partial charge in [-0.3, -0.25) is 5.43 Å². The van der Waals surface area contributed by atoms with Gasteiger partial charge in [0.05, 0.1) is 11.4 Å². The minimum atomic E-state index is 0.508. The van der Waals surface area contributed by atoms with E-state index < -0.39 is 0 Å². The Hall–Kier alpha value is -2.73. The van der Waals surface area contributed by atoms with Crippen LogP contribution in [0, 0.1) is 6.92 Å². The van der Waals surface area contributed by atoms with E-state index in [1.165, 1.54) is 5.56 Å². The van der Waals surface area contributed by atoms with Crippen molar-refractivity contribution in [1.82, 2.24) is 20.2 Å². The Labute approximate surface area is 138 Å². The van der Waals surface area contributed by atoms with Crippen molar-refractivity contribution >= 4 is 23.5 Å². The third-order valence-electron chi connectivity index (χ3n) is 3.22. The van der Waals surface area contributed by atoms with Gasteiger partial charge in [-0.25, -0.2) is 0 Å². The molecule has 0 aliphatic rings. The van der Waals surface area contributed by atoms with Gasteiger partial charge in [0.15, 0.2) is 5.82 Å². The van der Waals surface area contributed by atoms with E-state index in [0.29, 0.717) is 17.3 Å². The third-order valence-corrected chi connectivity index (χ3v) is 3.47. The molecule has 7 heteroatoms. The van der Waals surface area contributed by atoms with Gasteiger partial charge in [0.2, 0.25) is 0 Å². The van der Waals surface area contributed by atoms with Crippen LogP contribution in [0.1, 0.15) is 11.4 Å². The zero-order valence-corrected chi connectivity index (χ0v) is 13.3. The number of hydrogen-bond acceptors (Lipinski definition) is 5. The van der Waals surface area contributed by atoms with Gasteiger partial charge in [-0.05, 0) is 53.7 Å². The predicted octanol–water partition coefficient (Wildman–Crippen LogP) is 3.26. The van der Waals surface area contributed by atoms with Crippen molar-refractivity contribution < 1.29 is 0 Å². The Bertz CT molecular complexity index is 792. The molecule has 23 heavy (non-hydrogen) atoms. The van der Waals surface area contributed by atoms with Gasteiger partial charge < -0.3 is 0 Å². The van der Waals surface area contributed by atoms with E-state index in [4.69, 9.17) is 11.6 Å². The lowest BCUT2D eigenvalue weighted by Crippen LogP contribution is -2.04. The summed E-state index contributed by atoms with van der Waals surface area (Å²) in [6.07, 6.45) is 2.24. The van der Waals surface area contributed by atoms with Crippen LogP contribution in [0.4, 0.5) is 5.69 Å². The number of hydrazone groups is 1. The number of rotatable bonds is 5. The highest BCUT2D eigenvalue weighted by molar-refractivity contribution is 6.30. The number of anilines is 1. The van der Waals surface area contributed by atoms with E-state index in [2.05, 4.69) is 26.1 Å². The molecule has 1 aromatic heterocycles. The monoisotopic (exact) mass is 326 g/mol. The standard InChI is InChI=1S/C16H15ClN6/c1-12-2-6-14(7-3-12)19-18-11-10-16-20-21-22-23(16)15-8-4-13(17)5-9-15/h2-9,11,19H,10H2,1H3/b18-11+. The van der Waals surface area contributed by atoms with Crippen LogP contribution in [0.25, 0.3) is 5.69 Å². The van der Waals surface area contributed by atoms with Crippen LogP contribution >= 0.6 is 11.6 Å². The number of aromatic nitrogens is 4. The molecule has 0 aliphatic heterocycles. The molecule has 0 saturated carbocycles. The van der Waals surface area contributed by atoms with Gasteiger partial charge in [0, 0.05) is 17.7 Å². The second kappa shape index (κ2) is 7.02. The SMILES string of the molecule is Cc1ccc(N/N=C/Cc2nnnn2-c2ccc(Cl)cc2)cc1. The molecular weight excluding hydrogens is 312 g/mol. The fourth-order valence-corrected chi connectivity index (χ4v) is 2.12. The molecule has 0 fully saturated rings. The Morgan fingerprint density at radius 3 is 2.61 bits per heavy atom. The molecule has 2 aromatic carbocycles. The Morgan fingerprint density at radius 2 is 1.87 bits per heavy atom. The predicted molar refractivity (Wildman–Crippen MR) is 91.2 cm³/mol. The van der Waals surface area contributed by atoms with Crippen molar-refractivity contribution in [1.29, 1.82) is 0 Å². The number of benzene rings is 2. The number of aryl methyl sites for hydroxylation is 1. The first-order valence-electron chi connectivity index (χ1n) is 7.10. The van der Waals surface area contributed by atoms with E-state index in [1.54, 1.807) is 23.0 Å². The lowest BCUT2D eigenvalue weighted by Gasteiger charge is -2.03. The Kier molecular flexibility index (Phi) is 4.63. The lowest BCUT2D eigenvalue weighted by atomic mass is 10.2. The summed E-state index contributed by atoms with van der Waals surface area (Å²) in [6.45, 7) is 2.05. The smallest absolute Gasteiger partial charge is 0.162 e. The first kappa shape index (κ1) is 15.2. The van der Waals surface area contributed by atoms with Crippen LogP contribution in [0.5, 0.6) is 0 Å². The van der Waals surface area contributed by atoms with E-state index in [-0.39, 0.29) is 0 Å². The molecule has 0 bridgehead atoms. The maximum absolute atomic E-state index is 5.89. The average Bonchev–Trinajstić information content (AvgIpc) is 3.02. The summed E-state index contributed by atoms with van der Waals surface area (Å²) in [7, 11) is 0. The quantitative estimate of drug-likeness (QED) is 0.577. The molecule has 3 rings (SSSR count). The van der Waals surface area contributed by atoms with Crippen molar-refractivity contribution in [2.24, 2.45) is 5.10 Å². The Balaban J connectivity index is 1.65. The lowest BCUT2D eigenvalue weighted by molar-refractivity contribution is 0.776. The van der Waals surface area contributed by atoms with Crippen LogP contribution in [-0.2, 0) is 6.42 Å². The van der Waals surface area contributed by atoms with Crippen molar-refractivity contribution in [2.45, 2.75) is 13.3 Å². The molecule has 0 saturated heterocycles. The number of halogens is 1. The molecular formula is C16H15ClN6. The molecule has 1 heterocycles. The number of nitrogens with one attached hydrogen (secondary N) is 1. The summed E-state index contributed by atoms with van der Waals surface area (Å²) in [6, 6.07) is 15.3. The summed E-state index contributed by atoms with van der Waals surface area (Å²) in [5.41, 5.74) is 5.98. The van der Waals surface area contributed by atoms with Crippen LogP contribution in [-0.4, -0.2) is 26.4 Å². The maximum Gasteiger partial charge on any atom is 0.162 e. The molecule has 0 spiro atoms. The highest BCUT2D eigenvalue weighted by Crippen LogP contribution is 2.13. The molecule has 0 aliphatic carbocycles. The van der Waals surface area contributed by atoms with Gasteiger partial charge in [-0.1, -0.05) is 29.3 Å². The number of tetrazole rings is 1. The van der Waals surface area contributed by atoms with Crippen molar-refractivity contribution in [3.8, 4) is 5.69 Å². The van der Waals surface area contributed by atoms with E-state index in [9.17, 15) is 0 Å². The first-order valence-corrected chi connectivity index (χ1v) is 7.47. The van der Waals surface area contributed by atoms with Gasteiger partial charge in [0.25, 0.3) is 0 Å². The third kappa shape index (κ3) is 3.92. The molecule has 3 aromatic rings. The summed E-state index contributed by atoms with van der Waals surface area (Å²) in [5, 5.41) is 16.6. The summed E-state index contributed by atoms with van der Waals surface area (Å²) >= 11 is 5.89. The van der Waals surface area contributed by atoms with Crippen LogP contribution in [0.3, 0.4) is 0 Å². The molecule has 6 nitrogen and oxygen atoms in total. The first-order chi connectivity index (χ1) is 11.2. The van der Waals surface area contributed by atoms with Crippen LogP contribution in [0.2, 0.25) is 5.02 Å². The zero-order valence-electron chi connectivity index (χ0n) is 12.5. The van der Waals surface area contributed by atoms with Gasteiger partial charge in [-0.15, -0.1) is 5.10 Å². The molecule has 0 unspecified atom stereocenters. The highest BCUT2D eigenvalue weighted by atomic mass is 35.5. The van der Waals surface area contributed by atoms with E-state index in [0.717, 1.165) is 11.4 Å². The largest absolute Gasteiger partial charge is 0.279 e.